The third kappa shape index (κ3) is 4.02. The number of aromatic nitrogens is 2. The van der Waals surface area contributed by atoms with E-state index in [1.165, 1.54) is 4.90 Å². The number of amides is 1. The summed E-state index contributed by atoms with van der Waals surface area (Å²) in [5.74, 6) is -1.01. The van der Waals surface area contributed by atoms with Crippen LogP contribution < -0.4 is 4.74 Å². The van der Waals surface area contributed by atoms with Crippen LogP contribution in [-0.4, -0.2) is 38.3 Å². The second-order valence-electron chi connectivity index (χ2n) is 6.99. The largest absolute Gasteiger partial charge is 0.507 e. The molecular weight excluding hydrogens is 394 g/mol. The zero-order chi connectivity index (χ0) is 21.8. The zero-order valence-corrected chi connectivity index (χ0v) is 16.9. The van der Waals surface area contributed by atoms with E-state index in [4.69, 9.17) is 4.74 Å². The number of aliphatic hydroxyl groups excluding tert-OH is 1. The van der Waals surface area contributed by atoms with Gasteiger partial charge in [0.25, 0.3) is 11.7 Å². The van der Waals surface area contributed by atoms with Crippen LogP contribution >= 0.6 is 0 Å². The molecule has 1 amide bonds. The van der Waals surface area contributed by atoms with Crippen molar-refractivity contribution in [3.8, 4) is 5.75 Å². The highest BCUT2D eigenvalue weighted by molar-refractivity contribution is 6.46. The Morgan fingerprint density at radius 1 is 1.06 bits per heavy atom. The number of aliphatic hydroxyl groups is 1. The summed E-state index contributed by atoms with van der Waals surface area (Å²) in [6.07, 6.45) is 4.83. The third-order valence-electron chi connectivity index (χ3n) is 5.04. The summed E-state index contributed by atoms with van der Waals surface area (Å²) in [7, 11) is 0. The summed E-state index contributed by atoms with van der Waals surface area (Å²) in [6.45, 7) is 2.53. The van der Waals surface area contributed by atoms with Crippen molar-refractivity contribution in [1.82, 2.24) is 14.9 Å². The molecule has 3 heterocycles. The first kappa shape index (κ1) is 20.3. The smallest absolute Gasteiger partial charge is 0.296 e. The quantitative estimate of drug-likeness (QED) is 0.376. The standard InChI is InChI=1S/C24H21N3O4/c1-2-31-19-10-8-16(9-11-19)22(28)20-21(17-6-5-12-25-14-17)27(24(30)23(20)29)15-18-7-3-4-13-26-18/h3-14,21,28H,2,15H2,1H3/b22-20+. The first-order chi connectivity index (χ1) is 15.1. The van der Waals surface area contributed by atoms with Gasteiger partial charge in [-0.05, 0) is 55.0 Å². The van der Waals surface area contributed by atoms with Crippen molar-refractivity contribution in [2.45, 2.75) is 19.5 Å². The molecule has 1 aliphatic heterocycles. The van der Waals surface area contributed by atoms with Crippen LogP contribution in [0.1, 0.15) is 29.8 Å². The lowest BCUT2D eigenvalue weighted by Crippen LogP contribution is -2.29. The van der Waals surface area contributed by atoms with Crippen molar-refractivity contribution < 1.29 is 19.4 Å². The van der Waals surface area contributed by atoms with Gasteiger partial charge >= 0.3 is 0 Å². The predicted octanol–water partition coefficient (Wildman–Crippen LogP) is 3.50. The maximum atomic E-state index is 13.0. The van der Waals surface area contributed by atoms with Gasteiger partial charge in [0, 0.05) is 24.2 Å². The zero-order valence-electron chi connectivity index (χ0n) is 16.9. The molecule has 3 aromatic rings. The minimum absolute atomic E-state index is 0.0260. The maximum absolute atomic E-state index is 13.0. The lowest BCUT2D eigenvalue weighted by Gasteiger charge is -2.24. The molecule has 0 aliphatic carbocycles. The summed E-state index contributed by atoms with van der Waals surface area (Å²) >= 11 is 0. The number of rotatable bonds is 6. The number of carbonyl (C=O) groups is 2. The van der Waals surface area contributed by atoms with Crippen LogP contribution in [0, 0.1) is 0 Å². The Labute approximate surface area is 179 Å². The molecule has 0 saturated carbocycles. The van der Waals surface area contributed by atoms with E-state index in [9.17, 15) is 14.7 Å². The molecule has 0 bridgehead atoms. The predicted molar refractivity (Wildman–Crippen MR) is 114 cm³/mol. The molecule has 7 nitrogen and oxygen atoms in total. The van der Waals surface area contributed by atoms with Crippen molar-refractivity contribution in [3.05, 3.63) is 95.6 Å². The fourth-order valence-corrected chi connectivity index (χ4v) is 3.62. The Kier molecular flexibility index (Phi) is 5.75. The number of benzene rings is 1. The van der Waals surface area contributed by atoms with Crippen molar-refractivity contribution in [2.75, 3.05) is 6.61 Å². The fourth-order valence-electron chi connectivity index (χ4n) is 3.62. The Hall–Kier alpha value is -4.00. The molecule has 4 rings (SSSR count). The lowest BCUT2D eigenvalue weighted by molar-refractivity contribution is -0.140. The van der Waals surface area contributed by atoms with Gasteiger partial charge in [-0.25, -0.2) is 0 Å². The molecule has 1 unspecified atom stereocenters. The molecular formula is C24H21N3O4. The van der Waals surface area contributed by atoms with Gasteiger partial charge in [0.1, 0.15) is 11.5 Å². The first-order valence-electron chi connectivity index (χ1n) is 9.91. The summed E-state index contributed by atoms with van der Waals surface area (Å²) in [5.41, 5.74) is 1.72. The van der Waals surface area contributed by atoms with Gasteiger partial charge in [-0.2, -0.15) is 0 Å². The molecule has 0 spiro atoms. The Morgan fingerprint density at radius 2 is 1.87 bits per heavy atom. The van der Waals surface area contributed by atoms with Gasteiger partial charge in [-0.3, -0.25) is 19.6 Å². The Morgan fingerprint density at radius 3 is 2.52 bits per heavy atom. The minimum Gasteiger partial charge on any atom is -0.507 e. The number of ketones is 1. The summed E-state index contributed by atoms with van der Waals surface area (Å²) in [6, 6.07) is 14.9. The van der Waals surface area contributed by atoms with E-state index in [1.54, 1.807) is 67.1 Å². The second-order valence-corrected chi connectivity index (χ2v) is 6.99. The number of pyridine rings is 2. The van der Waals surface area contributed by atoms with E-state index in [1.807, 2.05) is 13.0 Å². The van der Waals surface area contributed by atoms with Crippen LogP contribution in [0.5, 0.6) is 5.75 Å². The van der Waals surface area contributed by atoms with E-state index in [-0.39, 0.29) is 17.9 Å². The molecule has 31 heavy (non-hydrogen) atoms. The molecule has 1 fully saturated rings. The monoisotopic (exact) mass is 415 g/mol. The summed E-state index contributed by atoms with van der Waals surface area (Å²) in [4.78, 5) is 35.8. The van der Waals surface area contributed by atoms with Crippen LogP contribution in [0.15, 0.2) is 78.8 Å². The van der Waals surface area contributed by atoms with E-state index >= 15 is 0 Å². The third-order valence-corrected chi connectivity index (χ3v) is 5.04. The molecule has 0 radical (unpaired) electrons. The molecule has 156 valence electrons. The molecule has 7 heteroatoms. The number of ether oxygens (including phenoxy) is 1. The normalized spacial score (nSPS) is 17.7. The molecule has 1 aromatic carbocycles. The molecule has 1 atom stereocenters. The highest BCUT2D eigenvalue weighted by Gasteiger charge is 2.46. The van der Waals surface area contributed by atoms with Crippen molar-refractivity contribution >= 4 is 17.4 Å². The van der Waals surface area contributed by atoms with Crippen LogP contribution in [0.4, 0.5) is 0 Å². The summed E-state index contributed by atoms with van der Waals surface area (Å²) < 4.78 is 5.44. The lowest BCUT2D eigenvalue weighted by atomic mass is 9.96. The van der Waals surface area contributed by atoms with Gasteiger partial charge in [-0.15, -0.1) is 0 Å². The SMILES string of the molecule is CCOc1ccc(/C(O)=C2\C(=O)C(=O)N(Cc3ccccn3)C2c2cccnc2)cc1. The van der Waals surface area contributed by atoms with Gasteiger partial charge in [0.2, 0.25) is 0 Å². The van der Waals surface area contributed by atoms with E-state index in [0.29, 0.717) is 29.2 Å². The summed E-state index contributed by atoms with van der Waals surface area (Å²) in [5, 5.41) is 11.0. The van der Waals surface area contributed by atoms with Gasteiger partial charge < -0.3 is 14.7 Å². The Balaban J connectivity index is 1.80. The number of Topliss-reactive ketones (excluding diaryl/α,β-unsaturated/α-hetero) is 1. The fraction of sp³-hybridized carbons (Fsp3) is 0.167. The highest BCUT2D eigenvalue weighted by Crippen LogP contribution is 2.40. The maximum Gasteiger partial charge on any atom is 0.296 e. The van der Waals surface area contributed by atoms with Crippen LogP contribution in [0.3, 0.4) is 0 Å². The number of nitrogens with zero attached hydrogens (tertiary/aromatic N) is 3. The first-order valence-corrected chi connectivity index (χ1v) is 9.91. The average molecular weight is 415 g/mol. The van der Waals surface area contributed by atoms with E-state index in [0.717, 1.165) is 0 Å². The minimum atomic E-state index is -0.776. The number of carbonyl (C=O) groups excluding carboxylic acids is 2. The van der Waals surface area contributed by atoms with Crippen LogP contribution in [0.25, 0.3) is 5.76 Å². The molecule has 2 aromatic heterocycles. The van der Waals surface area contributed by atoms with Crippen molar-refractivity contribution in [3.63, 3.8) is 0 Å². The second kappa shape index (κ2) is 8.79. The number of hydrogen-bond donors (Lipinski definition) is 1. The Bertz CT molecular complexity index is 1110. The highest BCUT2D eigenvalue weighted by atomic mass is 16.5. The van der Waals surface area contributed by atoms with Gasteiger partial charge in [0.15, 0.2) is 0 Å². The van der Waals surface area contributed by atoms with Crippen molar-refractivity contribution in [2.24, 2.45) is 0 Å². The van der Waals surface area contributed by atoms with Crippen LogP contribution in [0.2, 0.25) is 0 Å². The topological polar surface area (TPSA) is 92.6 Å². The van der Waals surface area contributed by atoms with E-state index in [2.05, 4.69) is 9.97 Å². The van der Waals surface area contributed by atoms with Gasteiger partial charge in [0.05, 0.1) is 30.5 Å². The molecule has 1 saturated heterocycles. The number of likely N-dealkylation sites (tertiary alicyclic amines) is 1. The number of hydrogen-bond acceptors (Lipinski definition) is 6. The van der Waals surface area contributed by atoms with Crippen LogP contribution in [-0.2, 0) is 16.1 Å². The average Bonchev–Trinajstić information content (AvgIpc) is 3.05. The molecule has 1 aliphatic rings. The van der Waals surface area contributed by atoms with E-state index < -0.39 is 17.7 Å². The van der Waals surface area contributed by atoms with Crippen molar-refractivity contribution in [1.29, 1.82) is 0 Å². The molecule has 1 N–H and O–H groups in total. The van der Waals surface area contributed by atoms with Gasteiger partial charge in [-0.1, -0.05) is 12.1 Å².